The summed E-state index contributed by atoms with van der Waals surface area (Å²) >= 11 is 0. The van der Waals surface area contributed by atoms with E-state index in [-0.39, 0.29) is 29.4 Å². The molecule has 2 amide bonds. The number of likely N-dealkylation sites (tertiary alicyclic amines) is 1. The van der Waals surface area contributed by atoms with E-state index in [9.17, 15) is 14.0 Å². The number of nitrogens with one attached hydrogen (secondary N) is 1. The summed E-state index contributed by atoms with van der Waals surface area (Å²) in [5.74, 6) is -0.311. The van der Waals surface area contributed by atoms with Crippen LogP contribution in [0.15, 0.2) is 47.1 Å². The lowest BCUT2D eigenvalue weighted by molar-refractivity contribution is -0.135. The van der Waals surface area contributed by atoms with Crippen molar-refractivity contribution in [2.24, 2.45) is 0 Å². The summed E-state index contributed by atoms with van der Waals surface area (Å²) in [6.07, 6.45) is 4.28. The molecule has 1 N–H and O–H groups in total. The van der Waals surface area contributed by atoms with E-state index in [0.717, 1.165) is 18.4 Å². The van der Waals surface area contributed by atoms with E-state index in [0.29, 0.717) is 25.9 Å². The molecule has 132 valence electrons. The minimum Gasteiger partial charge on any atom is -0.459 e. The number of nitrogens with zero attached hydrogens (tertiary/aromatic N) is 1. The fraction of sp³-hybridized carbons (Fsp3) is 0.368. The average molecular weight is 344 g/mol. The van der Waals surface area contributed by atoms with Gasteiger partial charge >= 0.3 is 0 Å². The van der Waals surface area contributed by atoms with E-state index < -0.39 is 0 Å². The molecule has 1 aromatic heterocycles. The zero-order valence-corrected chi connectivity index (χ0v) is 13.9. The molecule has 1 aliphatic rings. The molecule has 0 unspecified atom stereocenters. The van der Waals surface area contributed by atoms with E-state index in [2.05, 4.69) is 5.32 Å². The topological polar surface area (TPSA) is 62.6 Å². The number of hydrogen-bond donors (Lipinski definition) is 1. The normalized spacial score (nSPS) is 15.9. The molecule has 2 heterocycles. The lowest BCUT2D eigenvalue weighted by atomic mass is 10.0. The fourth-order valence-electron chi connectivity index (χ4n) is 3.15. The summed E-state index contributed by atoms with van der Waals surface area (Å²) < 4.78 is 18.6. The quantitative estimate of drug-likeness (QED) is 0.876. The van der Waals surface area contributed by atoms with Crippen LogP contribution in [0.3, 0.4) is 0 Å². The van der Waals surface area contributed by atoms with Crippen molar-refractivity contribution >= 4 is 11.8 Å². The maximum absolute atomic E-state index is 13.5. The Labute approximate surface area is 145 Å². The molecule has 0 bridgehead atoms. The Morgan fingerprint density at radius 3 is 2.88 bits per heavy atom. The van der Waals surface area contributed by atoms with Gasteiger partial charge in [0.05, 0.1) is 12.3 Å². The van der Waals surface area contributed by atoms with Crippen molar-refractivity contribution in [1.82, 2.24) is 10.2 Å². The van der Waals surface area contributed by atoms with Crippen molar-refractivity contribution in [3.63, 3.8) is 0 Å². The van der Waals surface area contributed by atoms with Gasteiger partial charge in [0.15, 0.2) is 5.76 Å². The van der Waals surface area contributed by atoms with E-state index >= 15 is 0 Å². The van der Waals surface area contributed by atoms with Gasteiger partial charge < -0.3 is 14.6 Å². The molecule has 1 saturated heterocycles. The van der Waals surface area contributed by atoms with E-state index in [1.54, 1.807) is 23.1 Å². The average Bonchev–Trinajstić information content (AvgIpc) is 3.14. The van der Waals surface area contributed by atoms with Crippen LogP contribution in [-0.4, -0.2) is 35.8 Å². The van der Waals surface area contributed by atoms with Gasteiger partial charge in [-0.3, -0.25) is 9.59 Å². The first-order valence-corrected chi connectivity index (χ1v) is 8.49. The highest BCUT2D eigenvalue weighted by Crippen LogP contribution is 2.17. The van der Waals surface area contributed by atoms with Gasteiger partial charge in [0.1, 0.15) is 5.82 Å². The molecule has 1 aromatic carbocycles. The number of carbonyl (C=O) groups excluding carboxylic acids is 2. The first-order valence-electron chi connectivity index (χ1n) is 8.49. The zero-order valence-electron chi connectivity index (χ0n) is 13.9. The van der Waals surface area contributed by atoms with Crippen LogP contribution < -0.4 is 5.32 Å². The highest BCUT2D eigenvalue weighted by Gasteiger charge is 2.27. The van der Waals surface area contributed by atoms with Crippen LogP contribution >= 0.6 is 0 Å². The van der Waals surface area contributed by atoms with Crippen LogP contribution in [0.4, 0.5) is 4.39 Å². The lowest BCUT2D eigenvalue weighted by Gasteiger charge is -2.35. The van der Waals surface area contributed by atoms with E-state index in [4.69, 9.17) is 4.42 Å². The van der Waals surface area contributed by atoms with Crippen molar-refractivity contribution in [1.29, 1.82) is 0 Å². The van der Waals surface area contributed by atoms with Crippen LogP contribution in [-0.2, 0) is 11.2 Å². The molecule has 6 heteroatoms. The molecule has 0 radical (unpaired) electrons. The monoisotopic (exact) mass is 344 g/mol. The third-order valence-corrected chi connectivity index (χ3v) is 4.40. The molecule has 2 aromatic rings. The predicted molar refractivity (Wildman–Crippen MR) is 90.5 cm³/mol. The lowest BCUT2D eigenvalue weighted by Crippen LogP contribution is -2.49. The Morgan fingerprint density at radius 2 is 2.16 bits per heavy atom. The van der Waals surface area contributed by atoms with Crippen molar-refractivity contribution in [3.8, 4) is 0 Å². The molecule has 0 spiro atoms. The van der Waals surface area contributed by atoms with Gasteiger partial charge in [-0.25, -0.2) is 4.39 Å². The Hall–Kier alpha value is -2.63. The number of furan rings is 1. The minimum atomic E-state index is -0.321. The maximum Gasteiger partial charge on any atom is 0.287 e. The third kappa shape index (κ3) is 4.47. The first kappa shape index (κ1) is 17.2. The van der Waals surface area contributed by atoms with Gasteiger partial charge in [0.2, 0.25) is 5.91 Å². The number of benzene rings is 1. The van der Waals surface area contributed by atoms with Gasteiger partial charge in [-0.2, -0.15) is 0 Å². The number of rotatable bonds is 6. The Morgan fingerprint density at radius 1 is 1.28 bits per heavy atom. The smallest absolute Gasteiger partial charge is 0.287 e. The molecule has 1 atom stereocenters. The van der Waals surface area contributed by atoms with Gasteiger partial charge in [-0.1, -0.05) is 12.1 Å². The first-order chi connectivity index (χ1) is 12.1. The SMILES string of the molecule is O=C(NC[C@H](Cc1cccc(F)c1)N1CCCCC1=O)c1ccco1. The van der Waals surface area contributed by atoms with Gasteiger partial charge in [-0.05, 0) is 49.1 Å². The van der Waals surface area contributed by atoms with Gasteiger partial charge in [0, 0.05) is 19.5 Å². The minimum absolute atomic E-state index is 0.0832. The zero-order chi connectivity index (χ0) is 17.6. The van der Waals surface area contributed by atoms with Gasteiger partial charge in [0.25, 0.3) is 5.91 Å². The molecule has 25 heavy (non-hydrogen) atoms. The summed E-state index contributed by atoms with van der Waals surface area (Å²) in [6, 6.07) is 9.36. The van der Waals surface area contributed by atoms with Crippen LogP contribution in [0.25, 0.3) is 0 Å². The van der Waals surface area contributed by atoms with Gasteiger partial charge in [-0.15, -0.1) is 0 Å². The number of hydrogen-bond acceptors (Lipinski definition) is 3. The molecule has 0 aliphatic carbocycles. The third-order valence-electron chi connectivity index (χ3n) is 4.40. The molecule has 1 aliphatic heterocycles. The summed E-state index contributed by atoms with van der Waals surface area (Å²) in [4.78, 5) is 26.2. The van der Waals surface area contributed by atoms with Crippen molar-refractivity contribution in [2.75, 3.05) is 13.1 Å². The van der Waals surface area contributed by atoms with E-state index in [1.165, 1.54) is 18.4 Å². The Kier molecular flexibility index (Phi) is 5.48. The maximum atomic E-state index is 13.5. The largest absolute Gasteiger partial charge is 0.459 e. The van der Waals surface area contributed by atoms with E-state index in [1.807, 2.05) is 6.07 Å². The highest BCUT2D eigenvalue weighted by atomic mass is 19.1. The second-order valence-electron chi connectivity index (χ2n) is 6.22. The Balaban J connectivity index is 1.71. The number of carbonyl (C=O) groups is 2. The second-order valence-corrected chi connectivity index (χ2v) is 6.22. The molecule has 1 fully saturated rings. The molecular formula is C19H21FN2O3. The summed E-state index contributed by atoms with van der Waals surface area (Å²) in [5.41, 5.74) is 0.802. The van der Waals surface area contributed by atoms with Crippen molar-refractivity contribution < 1.29 is 18.4 Å². The van der Waals surface area contributed by atoms with Crippen LogP contribution in [0.5, 0.6) is 0 Å². The predicted octanol–water partition coefficient (Wildman–Crippen LogP) is 2.77. The number of halogens is 1. The van der Waals surface area contributed by atoms with Crippen LogP contribution in [0.2, 0.25) is 0 Å². The number of amides is 2. The summed E-state index contributed by atoms with van der Waals surface area (Å²) in [6.45, 7) is 0.956. The van der Waals surface area contributed by atoms with Crippen LogP contribution in [0, 0.1) is 5.82 Å². The summed E-state index contributed by atoms with van der Waals surface area (Å²) in [7, 11) is 0. The summed E-state index contributed by atoms with van der Waals surface area (Å²) in [5, 5.41) is 2.82. The molecular weight excluding hydrogens is 323 g/mol. The van der Waals surface area contributed by atoms with Crippen LogP contribution in [0.1, 0.15) is 35.4 Å². The standard InChI is InChI=1S/C19H21FN2O3/c20-15-6-3-5-14(11-15)12-16(22-9-2-1-8-18(22)23)13-21-19(24)17-7-4-10-25-17/h3-7,10-11,16H,1-2,8-9,12-13H2,(H,21,24)/t16-/m0/s1. The molecule has 5 nitrogen and oxygen atoms in total. The highest BCUT2D eigenvalue weighted by molar-refractivity contribution is 5.91. The molecule has 0 saturated carbocycles. The second kappa shape index (κ2) is 7.96. The Bertz CT molecular complexity index is 730. The van der Waals surface area contributed by atoms with Crippen molar-refractivity contribution in [3.05, 3.63) is 59.8 Å². The van der Waals surface area contributed by atoms with Crippen molar-refractivity contribution in [2.45, 2.75) is 31.7 Å². The fourth-order valence-corrected chi connectivity index (χ4v) is 3.15. The molecule has 3 rings (SSSR count). The number of piperidine rings is 1.